The van der Waals surface area contributed by atoms with Gasteiger partial charge in [0.25, 0.3) is 0 Å². The summed E-state index contributed by atoms with van der Waals surface area (Å²) < 4.78 is 11.5. The zero-order valence-corrected chi connectivity index (χ0v) is 18.0. The van der Waals surface area contributed by atoms with Crippen LogP contribution in [0.25, 0.3) is 16.9 Å². The number of imidazole rings is 1. The van der Waals surface area contributed by atoms with Crippen molar-refractivity contribution >= 4 is 23.4 Å². The normalized spacial score (nSPS) is 13.3. The number of nitrogens with one attached hydrogen (secondary N) is 1. The van der Waals surface area contributed by atoms with Crippen LogP contribution in [0.15, 0.2) is 96.0 Å². The fourth-order valence-electron chi connectivity index (χ4n) is 3.39. The maximum Gasteiger partial charge on any atom is 0.181 e. The molecule has 154 valence electrons. The molecule has 0 saturated carbocycles. The summed E-state index contributed by atoms with van der Waals surface area (Å²) in [6.45, 7) is 2.08. The summed E-state index contributed by atoms with van der Waals surface area (Å²) in [4.78, 5) is 10.5. The minimum atomic E-state index is 0.718. The average Bonchev–Trinajstić information content (AvgIpc) is 3.25. The summed E-state index contributed by atoms with van der Waals surface area (Å²) in [6, 6.07) is 16.4. The number of hydrogen-bond donors (Lipinski definition) is 1. The summed E-state index contributed by atoms with van der Waals surface area (Å²) in [7, 11) is 0. The van der Waals surface area contributed by atoms with Gasteiger partial charge in [-0.2, -0.15) is 0 Å². The van der Waals surface area contributed by atoms with E-state index in [0.717, 1.165) is 52.0 Å². The molecule has 2 aromatic carbocycles. The number of ether oxygens (including phenoxy) is 1. The second kappa shape index (κ2) is 8.70. The molecule has 31 heavy (non-hydrogen) atoms. The summed E-state index contributed by atoms with van der Waals surface area (Å²) in [5.74, 6) is 2.39. The monoisotopic (exact) mass is 426 g/mol. The molecule has 1 N–H and O–H groups in total. The molecule has 5 nitrogen and oxygen atoms in total. The standard InChI is InChI=1S/C25H22N4OS/c1-18-11-13-20(14-12-18)31-28-24-25-27-22(17-29(25)16-15-26-24)21-9-5-6-10-23(21)30-19-7-3-2-4-8-19/h3,5-17H,2,4H2,1H3,(H,26,28). The van der Waals surface area contributed by atoms with Gasteiger partial charge in [-0.1, -0.05) is 35.9 Å². The average molecular weight is 427 g/mol. The lowest BCUT2D eigenvalue weighted by molar-refractivity contribution is 0.440. The van der Waals surface area contributed by atoms with E-state index in [2.05, 4.69) is 53.0 Å². The SMILES string of the molecule is Cc1ccc(SNc2nccn3cc(-c4ccccc4OC4=CCCC=C4)nc23)cc1. The zero-order valence-electron chi connectivity index (χ0n) is 17.2. The van der Waals surface area contributed by atoms with Crippen LogP contribution >= 0.6 is 11.9 Å². The van der Waals surface area contributed by atoms with Crippen LogP contribution in [0.1, 0.15) is 18.4 Å². The second-order valence-electron chi connectivity index (χ2n) is 7.33. The van der Waals surface area contributed by atoms with Gasteiger partial charge in [0.15, 0.2) is 11.5 Å². The van der Waals surface area contributed by atoms with E-state index in [1.54, 1.807) is 6.20 Å². The third kappa shape index (κ3) is 4.34. The van der Waals surface area contributed by atoms with Crippen molar-refractivity contribution in [3.05, 3.63) is 96.7 Å². The Kier molecular flexibility index (Phi) is 5.46. The quantitative estimate of drug-likeness (QED) is 0.360. The number of hydrogen-bond acceptors (Lipinski definition) is 5. The molecule has 2 aromatic heterocycles. The lowest BCUT2D eigenvalue weighted by Gasteiger charge is -2.12. The Balaban J connectivity index is 1.44. The van der Waals surface area contributed by atoms with Gasteiger partial charge in [0, 0.05) is 29.0 Å². The molecule has 4 aromatic rings. The van der Waals surface area contributed by atoms with Crippen LogP contribution in [-0.2, 0) is 0 Å². The molecule has 0 bridgehead atoms. The first-order valence-electron chi connectivity index (χ1n) is 10.2. The molecule has 2 heterocycles. The van der Waals surface area contributed by atoms with Gasteiger partial charge in [0.1, 0.15) is 11.5 Å². The van der Waals surface area contributed by atoms with E-state index < -0.39 is 0 Å². The second-order valence-corrected chi connectivity index (χ2v) is 8.21. The van der Waals surface area contributed by atoms with E-state index in [1.807, 2.05) is 47.1 Å². The predicted octanol–water partition coefficient (Wildman–Crippen LogP) is 6.44. The molecule has 0 atom stereocenters. The highest BCUT2D eigenvalue weighted by molar-refractivity contribution is 8.00. The first-order valence-corrected chi connectivity index (χ1v) is 11.0. The van der Waals surface area contributed by atoms with Crippen LogP contribution in [0.4, 0.5) is 5.82 Å². The summed E-state index contributed by atoms with van der Waals surface area (Å²) in [6.07, 6.45) is 14.0. The van der Waals surface area contributed by atoms with E-state index in [4.69, 9.17) is 9.72 Å². The summed E-state index contributed by atoms with van der Waals surface area (Å²) in [5, 5.41) is 0. The maximum atomic E-state index is 6.17. The number of anilines is 1. The van der Waals surface area contributed by atoms with Crippen LogP contribution in [0.3, 0.4) is 0 Å². The third-order valence-electron chi connectivity index (χ3n) is 5.01. The van der Waals surface area contributed by atoms with Gasteiger partial charge < -0.3 is 13.9 Å². The molecular weight excluding hydrogens is 404 g/mol. The van der Waals surface area contributed by atoms with Gasteiger partial charge >= 0.3 is 0 Å². The summed E-state index contributed by atoms with van der Waals surface area (Å²) >= 11 is 1.52. The van der Waals surface area contributed by atoms with E-state index in [-0.39, 0.29) is 0 Å². The molecule has 6 heteroatoms. The fourth-order valence-corrected chi connectivity index (χ4v) is 4.03. The fraction of sp³-hybridized carbons (Fsp3) is 0.120. The van der Waals surface area contributed by atoms with E-state index in [1.165, 1.54) is 17.5 Å². The van der Waals surface area contributed by atoms with Crippen molar-refractivity contribution in [2.75, 3.05) is 4.72 Å². The third-order valence-corrected chi connectivity index (χ3v) is 5.82. The van der Waals surface area contributed by atoms with Crippen molar-refractivity contribution < 1.29 is 4.74 Å². The van der Waals surface area contributed by atoms with Crippen molar-refractivity contribution in [2.24, 2.45) is 0 Å². The number of rotatable bonds is 6. The Morgan fingerprint density at radius 1 is 1.06 bits per heavy atom. The highest BCUT2D eigenvalue weighted by Crippen LogP contribution is 2.32. The maximum absolute atomic E-state index is 6.17. The molecule has 1 aliphatic carbocycles. The van der Waals surface area contributed by atoms with Crippen molar-refractivity contribution in [1.29, 1.82) is 0 Å². The Hall–Kier alpha value is -3.51. The number of nitrogens with zero attached hydrogens (tertiary/aromatic N) is 3. The van der Waals surface area contributed by atoms with E-state index in [9.17, 15) is 0 Å². The van der Waals surface area contributed by atoms with Gasteiger partial charge in [0.2, 0.25) is 0 Å². The molecule has 0 unspecified atom stereocenters. The minimum absolute atomic E-state index is 0.718. The Labute approximate surface area is 185 Å². The first kappa shape index (κ1) is 19.5. The van der Waals surface area contributed by atoms with Crippen LogP contribution < -0.4 is 9.46 Å². The lowest BCUT2D eigenvalue weighted by atomic mass is 10.1. The van der Waals surface area contributed by atoms with Gasteiger partial charge in [0.05, 0.1) is 5.69 Å². The molecule has 0 spiro atoms. The van der Waals surface area contributed by atoms with Crippen LogP contribution in [0.2, 0.25) is 0 Å². The smallest absolute Gasteiger partial charge is 0.181 e. The Bertz CT molecular complexity index is 1270. The first-order chi connectivity index (χ1) is 15.3. The van der Waals surface area contributed by atoms with Gasteiger partial charge in [-0.05, 0) is 68.1 Å². The number of allylic oxidation sites excluding steroid dienone is 3. The minimum Gasteiger partial charge on any atom is -0.457 e. The lowest BCUT2D eigenvalue weighted by Crippen LogP contribution is -1.97. The molecule has 0 aliphatic heterocycles. The molecule has 0 radical (unpaired) electrons. The molecule has 0 saturated heterocycles. The van der Waals surface area contributed by atoms with Gasteiger partial charge in [-0.25, -0.2) is 9.97 Å². The van der Waals surface area contributed by atoms with Crippen molar-refractivity contribution in [3.63, 3.8) is 0 Å². The molecular formula is C25H22N4OS. The van der Waals surface area contributed by atoms with Crippen molar-refractivity contribution in [1.82, 2.24) is 14.4 Å². The highest BCUT2D eigenvalue weighted by Gasteiger charge is 2.14. The highest BCUT2D eigenvalue weighted by atomic mass is 32.2. The molecule has 1 aliphatic rings. The topological polar surface area (TPSA) is 51.5 Å². The van der Waals surface area contributed by atoms with Crippen molar-refractivity contribution in [3.8, 4) is 17.0 Å². The van der Waals surface area contributed by atoms with Crippen LogP contribution in [0.5, 0.6) is 5.75 Å². The van der Waals surface area contributed by atoms with E-state index in [0.29, 0.717) is 0 Å². The number of para-hydroxylation sites is 1. The Morgan fingerprint density at radius 3 is 2.77 bits per heavy atom. The largest absolute Gasteiger partial charge is 0.457 e. The molecule has 0 amide bonds. The number of benzene rings is 2. The van der Waals surface area contributed by atoms with Crippen molar-refractivity contribution in [2.45, 2.75) is 24.7 Å². The van der Waals surface area contributed by atoms with Crippen LogP contribution in [-0.4, -0.2) is 14.4 Å². The summed E-state index contributed by atoms with van der Waals surface area (Å²) in [5.41, 5.74) is 3.79. The zero-order chi connectivity index (χ0) is 21.0. The molecule has 0 fully saturated rings. The van der Waals surface area contributed by atoms with Gasteiger partial charge in [-0.15, -0.1) is 0 Å². The Morgan fingerprint density at radius 2 is 1.94 bits per heavy atom. The van der Waals surface area contributed by atoms with E-state index >= 15 is 0 Å². The number of aryl methyl sites for hydroxylation is 1. The number of fused-ring (bicyclic) bond motifs is 1. The van der Waals surface area contributed by atoms with Crippen LogP contribution in [0, 0.1) is 6.92 Å². The molecule has 5 rings (SSSR count). The number of aromatic nitrogens is 3. The van der Waals surface area contributed by atoms with Gasteiger partial charge in [-0.3, -0.25) is 0 Å². The predicted molar refractivity (Wildman–Crippen MR) is 126 cm³/mol.